The summed E-state index contributed by atoms with van der Waals surface area (Å²) in [7, 11) is 1.99. The normalized spacial score (nSPS) is 12.1. The summed E-state index contributed by atoms with van der Waals surface area (Å²) in [4.78, 5) is 10.8. The second-order valence-electron chi connectivity index (χ2n) is 7.10. The third-order valence-corrected chi connectivity index (χ3v) is 4.86. The van der Waals surface area contributed by atoms with Gasteiger partial charge in [0.2, 0.25) is 0 Å². The fraction of sp³-hybridized carbons (Fsp3) is 0.429. The number of rotatable bonds is 9. The highest BCUT2D eigenvalue weighted by Crippen LogP contribution is 2.32. The van der Waals surface area contributed by atoms with E-state index in [1.54, 1.807) is 12.3 Å². The molecule has 8 heteroatoms. The van der Waals surface area contributed by atoms with Gasteiger partial charge in [-0.25, -0.2) is 4.98 Å². The van der Waals surface area contributed by atoms with E-state index in [-0.39, 0.29) is 0 Å². The fourth-order valence-electron chi connectivity index (χ4n) is 3.34. The molecular formula is C21H26F3N5. The maximum Gasteiger partial charge on any atom is 0.416 e. The average Bonchev–Trinajstić information content (AvgIpc) is 3.08. The summed E-state index contributed by atoms with van der Waals surface area (Å²) in [6, 6.07) is 5.48. The molecule has 2 heterocycles. The topological polar surface area (TPSA) is 46.0 Å². The summed E-state index contributed by atoms with van der Waals surface area (Å²) in [6.07, 6.45) is 2.90. The Kier molecular flexibility index (Phi) is 6.74. The number of benzene rings is 1. The highest BCUT2D eigenvalue weighted by atomic mass is 19.4. The van der Waals surface area contributed by atoms with Crippen molar-refractivity contribution in [1.29, 1.82) is 0 Å². The van der Waals surface area contributed by atoms with Crippen LogP contribution < -0.4 is 5.32 Å². The predicted molar refractivity (Wildman–Crippen MR) is 109 cm³/mol. The average molecular weight is 405 g/mol. The largest absolute Gasteiger partial charge is 0.416 e. The van der Waals surface area contributed by atoms with Gasteiger partial charge in [-0.05, 0) is 37.6 Å². The van der Waals surface area contributed by atoms with Gasteiger partial charge < -0.3 is 9.88 Å². The molecule has 0 unspecified atom stereocenters. The number of imidazole rings is 1. The summed E-state index contributed by atoms with van der Waals surface area (Å²) in [6.45, 7) is 5.58. The minimum atomic E-state index is -4.37. The molecule has 0 fully saturated rings. The van der Waals surface area contributed by atoms with Crippen LogP contribution in [0, 0.1) is 0 Å². The SMILES string of the molecule is CCCN(CCCNc1ccnc2cc(C(F)(F)F)ccc12)Cc1nccn1C. The molecule has 1 N–H and O–H groups in total. The predicted octanol–water partition coefficient (Wildman–Crippen LogP) is 4.70. The Morgan fingerprint density at radius 2 is 1.93 bits per heavy atom. The van der Waals surface area contributed by atoms with E-state index >= 15 is 0 Å². The Bertz CT molecular complexity index is 935. The van der Waals surface area contributed by atoms with E-state index in [0.717, 1.165) is 62.7 Å². The van der Waals surface area contributed by atoms with Crippen molar-refractivity contribution in [3.63, 3.8) is 0 Å². The molecule has 2 aromatic heterocycles. The Balaban J connectivity index is 1.59. The highest BCUT2D eigenvalue weighted by molar-refractivity contribution is 5.91. The Labute approximate surface area is 168 Å². The van der Waals surface area contributed by atoms with Gasteiger partial charge in [0.1, 0.15) is 5.82 Å². The number of halogens is 3. The first-order valence-electron chi connectivity index (χ1n) is 9.77. The second-order valence-corrected chi connectivity index (χ2v) is 7.10. The smallest absolute Gasteiger partial charge is 0.384 e. The summed E-state index contributed by atoms with van der Waals surface area (Å²) < 4.78 is 40.8. The maximum absolute atomic E-state index is 12.9. The van der Waals surface area contributed by atoms with Gasteiger partial charge in [-0.3, -0.25) is 9.88 Å². The monoisotopic (exact) mass is 405 g/mol. The summed E-state index contributed by atoms with van der Waals surface area (Å²) >= 11 is 0. The van der Waals surface area contributed by atoms with Gasteiger partial charge in [-0.1, -0.05) is 13.0 Å². The molecule has 0 atom stereocenters. The molecule has 29 heavy (non-hydrogen) atoms. The molecule has 0 radical (unpaired) electrons. The molecule has 3 rings (SSSR count). The van der Waals surface area contributed by atoms with Crippen LogP contribution >= 0.6 is 0 Å². The van der Waals surface area contributed by atoms with Crippen LogP contribution in [0.1, 0.15) is 31.2 Å². The Hall–Kier alpha value is -2.61. The van der Waals surface area contributed by atoms with Crippen molar-refractivity contribution >= 4 is 16.6 Å². The van der Waals surface area contributed by atoms with Crippen molar-refractivity contribution in [1.82, 2.24) is 19.4 Å². The summed E-state index contributed by atoms with van der Waals surface area (Å²) in [5.41, 5.74) is 0.459. The number of anilines is 1. The number of aromatic nitrogens is 3. The van der Waals surface area contributed by atoms with Gasteiger partial charge in [0.15, 0.2) is 0 Å². The lowest BCUT2D eigenvalue weighted by molar-refractivity contribution is -0.137. The first kappa shape index (κ1) is 21.1. The highest BCUT2D eigenvalue weighted by Gasteiger charge is 2.30. The molecule has 0 aliphatic heterocycles. The van der Waals surface area contributed by atoms with Crippen LogP contribution in [0.2, 0.25) is 0 Å². The van der Waals surface area contributed by atoms with Crippen molar-refractivity contribution in [3.05, 3.63) is 54.2 Å². The maximum atomic E-state index is 12.9. The fourth-order valence-corrected chi connectivity index (χ4v) is 3.34. The second kappa shape index (κ2) is 9.26. The van der Waals surface area contributed by atoms with E-state index in [9.17, 15) is 13.2 Å². The number of pyridine rings is 1. The molecule has 1 aromatic carbocycles. The third-order valence-electron chi connectivity index (χ3n) is 4.86. The number of nitrogens with zero attached hydrogens (tertiary/aromatic N) is 4. The van der Waals surface area contributed by atoms with Crippen LogP contribution in [0.5, 0.6) is 0 Å². The number of alkyl halides is 3. The molecule has 0 saturated heterocycles. The molecule has 156 valence electrons. The van der Waals surface area contributed by atoms with Gasteiger partial charge in [0.05, 0.1) is 17.6 Å². The van der Waals surface area contributed by atoms with Crippen LogP contribution in [0.25, 0.3) is 10.9 Å². The van der Waals surface area contributed by atoms with Crippen molar-refractivity contribution in [2.24, 2.45) is 7.05 Å². The van der Waals surface area contributed by atoms with Gasteiger partial charge in [-0.2, -0.15) is 13.2 Å². The van der Waals surface area contributed by atoms with Crippen molar-refractivity contribution < 1.29 is 13.2 Å². The lowest BCUT2D eigenvalue weighted by Crippen LogP contribution is -2.28. The minimum Gasteiger partial charge on any atom is -0.384 e. The van der Waals surface area contributed by atoms with E-state index in [4.69, 9.17) is 0 Å². The van der Waals surface area contributed by atoms with Crippen LogP contribution in [-0.4, -0.2) is 39.1 Å². The van der Waals surface area contributed by atoms with Gasteiger partial charge >= 0.3 is 6.18 Å². The molecule has 0 aliphatic carbocycles. The Morgan fingerprint density at radius 1 is 1.10 bits per heavy atom. The first-order chi connectivity index (χ1) is 13.9. The quantitative estimate of drug-likeness (QED) is 0.524. The van der Waals surface area contributed by atoms with Crippen LogP contribution in [0.4, 0.5) is 18.9 Å². The van der Waals surface area contributed by atoms with Crippen molar-refractivity contribution in [3.8, 4) is 0 Å². The van der Waals surface area contributed by atoms with E-state index in [2.05, 4.69) is 27.1 Å². The number of fused-ring (bicyclic) bond motifs is 1. The number of nitrogens with one attached hydrogen (secondary N) is 1. The number of aryl methyl sites for hydroxylation is 1. The molecule has 3 aromatic rings. The van der Waals surface area contributed by atoms with Crippen LogP contribution in [0.3, 0.4) is 0 Å². The zero-order valence-electron chi connectivity index (χ0n) is 16.7. The van der Waals surface area contributed by atoms with E-state index in [1.807, 2.05) is 17.8 Å². The molecule has 0 saturated carbocycles. The first-order valence-corrected chi connectivity index (χ1v) is 9.77. The van der Waals surface area contributed by atoms with Crippen molar-refractivity contribution in [2.45, 2.75) is 32.5 Å². The molecular weight excluding hydrogens is 379 g/mol. The molecule has 0 bridgehead atoms. The molecule has 5 nitrogen and oxygen atoms in total. The molecule has 0 aliphatic rings. The minimum absolute atomic E-state index is 0.340. The van der Waals surface area contributed by atoms with E-state index in [0.29, 0.717) is 10.9 Å². The number of hydrogen-bond donors (Lipinski definition) is 1. The van der Waals surface area contributed by atoms with Gasteiger partial charge in [0.25, 0.3) is 0 Å². The van der Waals surface area contributed by atoms with Crippen molar-refractivity contribution in [2.75, 3.05) is 25.0 Å². The zero-order valence-corrected chi connectivity index (χ0v) is 16.7. The van der Waals surface area contributed by atoms with Gasteiger partial charge in [0, 0.05) is 49.8 Å². The van der Waals surface area contributed by atoms with Gasteiger partial charge in [-0.15, -0.1) is 0 Å². The lowest BCUT2D eigenvalue weighted by Gasteiger charge is -2.21. The van der Waals surface area contributed by atoms with E-state index < -0.39 is 11.7 Å². The number of hydrogen-bond acceptors (Lipinski definition) is 4. The Morgan fingerprint density at radius 3 is 2.62 bits per heavy atom. The molecule has 0 spiro atoms. The summed E-state index contributed by atoms with van der Waals surface area (Å²) in [5.74, 6) is 1.03. The van der Waals surface area contributed by atoms with E-state index in [1.165, 1.54) is 12.3 Å². The standard InChI is InChI=1S/C21H26F3N5/c1-3-11-29(15-20-27-10-13-28(20)2)12-4-8-25-18-7-9-26-19-14-16(21(22,23)24)5-6-17(18)19/h5-7,9-10,13-14H,3-4,8,11-12,15H2,1-2H3,(H,25,26). The van der Waals surface area contributed by atoms with Crippen LogP contribution in [0.15, 0.2) is 42.9 Å². The third kappa shape index (κ3) is 5.47. The van der Waals surface area contributed by atoms with Crippen LogP contribution in [-0.2, 0) is 19.8 Å². The lowest BCUT2D eigenvalue weighted by atomic mass is 10.1. The molecule has 0 amide bonds. The zero-order chi connectivity index (χ0) is 20.9. The summed E-state index contributed by atoms with van der Waals surface area (Å²) in [5, 5.41) is 4.04.